The van der Waals surface area contributed by atoms with Gasteiger partial charge >= 0.3 is 0 Å². The molecule has 0 radical (unpaired) electrons. The fraction of sp³-hybridized carbons (Fsp3) is 0.714. The maximum atomic E-state index is 13.2. The molecule has 1 atom stereocenters. The molecule has 1 saturated carbocycles. The lowest BCUT2D eigenvalue weighted by Crippen LogP contribution is -2.55. The van der Waals surface area contributed by atoms with Crippen molar-refractivity contribution >= 4 is 21.7 Å². The van der Waals surface area contributed by atoms with Crippen LogP contribution in [0.4, 0.5) is 0 Å². The highest BCUT2D eigenvalue weighted by molar-refractivity contribution is 7.93. The van der Waals surface area contributed by atoms with E-state index in [0.717, 1.165) is 19.3 Å². The van der Waals surface area contributed by atoms with Gasteiger partial charge in [0.25, 0.3) is 5.91 Å². The van der Waals surface area contributed by atoms with Gasteiger partial charge in [-0.3, -0.25) is 9.59 Å². The average Bonchev–Trinajstić information content (AvgIpc) is 3.14. The third-order valence-corrected chi connectivity index (χ3v) is 8.90. The largest absolute Gasteiger partial charge is 0.456 e. The van der Waals surface area contributed by atoms with Crippen LogP contribution in [0.5, 0.6) is 0 Å². The van der Waals surface area contributed by atoms with E-state index < -0.39 is 20.3 Å². The summed E-state index contributed by atoms with van der Waals surface area (Å²) < 4.78 is 31.9. The van der Waals surface area contributed by atoms with Gasteiger partial charge in [0.1, 0.15) is 11.0 Å². The fourth-order valence-corrected chi connectivity index (χ4v) is 7.02. The van der Waals surface area contributed by atoms with Crippen LogP contribution in [0.1, 0.15) is 62.3 Å². The molecule has 2 fully saturated rings. The molecule has 3 rings (SSSR count). The van der Waals surface area contributed by atoms with E-state index in [0.29, 0.717) is 50.5 Å². The van der Waals surface area contributed by atoms with Crippen LogP contribution in [0.3, 0.4) is 0 Å². The van der Waals surface area contributed by atoms with Crippen molar-refractivity contribution in [2.75, 3.05) is 26.2 Å². The fourth-order valence-electron chi connectivity index (χ4n) is 4.42. The van der Waals surface area contributed by atoms with E-state index in [1.165, 1.54) is 0 Å². The lowest BCUT2D eigenvalue weighted by Gasteiger charge is -2.37. The first-order valence-corrected chi connectivity index (χ1v) is 12.2. The number of hydrogen-bond acceptors (Lipinski definition) is 5. The van der Waals surface area contributed by atoms with E-state index >= 15 is 0 Å². The molecule has 29 heavy (non-hydrogen) atoms. The van der Waals surface area contributed by atoms with E-state index in [1.807, 2.05) is 13.8 Å². The van der Waals surface area contributed by atoms with Gasteiger partial charge in [-0.2, -0.15) is 0 Å². The number of aryl methyl sites for hydroxylation is 1. The third-order valence-electron chi connectivity index (χ3n) is 6.05. The highest BCUT2D eigenvalue weighted by Crippen LogP contribution is 2.30. The first kappa shape index (κ1) is 21.9. The van der Waals surface area contributed by atoms with E-state index in [9.17, 15) is 18.0 Å². The van der Waals surface area contributed by atoms with Crippen LogP contribution in [-0.2, 0) is 14.6 Å². The molecule has 0 N–H and O–H groups in total. The van der Waals surface area contributed by atoms with Crippen LogP contribution < -0.4 is 0 Å². The SMILES string of the molecule is Cc1ccc(C(=O)N2CCN(C(=O)C(C(C)C)S(=O)(=O)C3CCCCC3)CC2)o1. The number of hydrogen-bond donors (Lipinski definition) is 0. The predicted molar refractivity (Wildman–Crippen MR) is 110 cm³/mol. The van der Waals surface area contributed by atoms with Crippen LogP contribution in [0.2, 0.25) is 0 Å². The summed E-state index contributed by atoms with van der Waals surface area (Å²) in [5.41, 5.74) is 0. The van der Waals surface area contributed by atoms with Crippen LogP contribution in [-0.4, -0.2) is 66.7 Å². The second-order valence-electron chi connectivity index (χ2n) is 8.54. The molecule has 1 saturated heterocycles. The molecule has 0 aromatic carbocycles. The smallest absolute Gasteiger partial charge is 0.289 e. The highest BCUT2D eigenvalue weighted by Gasteiger charge is 2.43. The Morgan fingerprint density at radius 1 is 1.00 bits per heavy atom. The number of carbonyl (C=O) groups excluding carboxylic acids is 2. The molecule has 162 valence electrons. The summed E-state index contributed by atoms with van der Waals surface area (Å²) in [4.78, 5) is 29.0. The standard InChI is InChI=1S/C21H32N2O5S/c1-15(2)19(29(26,27)17-7-5-4-6-8-17)21(25)23-13-11-22(12-14-23)20(24)18-10-9-16(3)28-18/h9-10,15,17,19H,4-8,11-14H2,1-3H3. The number of piperazine rings is 1. The van der Waals surface area contributed by atoms with Gasteiger partial charge in [0.05, 0.1) is 5.25 Å². The van der Waals surface area contributed by atoms with Crippen molar-refractivity contribution in [2.45, 2.75) is 63.4 Å². The van der Waals surface area contributed by atoms with Crippen molar-refractivity contribution in [1.29, 1.82) is 0 Å². The van der Waals surface area contributed by atoms with E-state index in [-0.39, 0.29) is 17.7 Å². The zero-order chi connectivity index (χ0) is 21.2. The summed E-state index contributed by atoms with van der Waals surface area (Å²) in [6.45, 7) is 6.83. The first-order chi connectivity index (χ1) is 13.7. The van der Waals surface area contributed by atoms with Gasteiger partial charge in [-0.25, -0.2) is 8.42 Å². The maximum Gasteiger partial charge on any atom is 0.289 e. The molecular formula is C21H32N2O5S. The van der Waals surface area contributed by atoms with Crippen LogP contribution in [0, 0.1) is 12.8 Å². The van der Waals surface area contributed by atoms with Gasteiger partial charge in [0, 0.05) is 26.2 Å². The topological polar surface area (TPSA) is 87.9 Å². The van der Waals surface area contributed by atoms with Crippen molar-refractivity contribution in [1.82, 2.24) is 9.80 Å². The third kappa shape index (κ3) is 4.68. The Morgan fingerprint density at radius 2 is 1.59 bits per heavy atom. The monoisotopic (exact) mass is 424 g/mol. The van der Waals surface area contributed by atoms with Crippen LogP contribution >= 0.6 is 0 Å². The Hall–Kier alpha value is -1.83. The molecule has 1 aliphatic heterocycles. The number of furan rings is 1. The molecule has 7 nitrogen and oxygen atoms in total. The van der Waals surface area contributed by atoms with Gasteiger partial charge in [0.15, 0.2) is 15.6 Å². The van der Waals surface area contributed by atoms with E-state index in [1.54, 1.807) is 28.9 Å². The lowest BCUT2D eigenvalue weighted by atomic mass is 10.0. The molecule has 0 bridgehead atoms. The Morgan fingerprint density at radius 3 is 2.10 bits per heavy atom. The number of carbonyl (C=O) groups is 2. The second kappa shape index (κ2) is 8.90. The maximum absolute atomic E-state index is 13.2. The average molecular weight is 425 g/mol. The molecule has 2 heterocycles. The van der Waals surface area contributed by atoms with E-state index in [4.69, 9.17) is 4.42 Å². The van der Waals surface area contributed by atoms with Crippen molar-refractivity contribution in [3.63, 3.8) is 0 Å². The summed E-state index contributed by atoms with van der Waals surface area (Å²) in [5.74, 6) is 0.184. The number of sulfone groups is 1. The predicted octanol–water partition coefficient (Wildman–Crippen LogP) is 2.64. The molecule has 0 spiro atoms. The summed E-state index contributed by atoms with van der Waals surface area (Å²) in [5, 5.41) is -1.40. The highest BCUT2D eigenvalue weighted by atomic mass is 32.2. The Labute approximate surface area is 173 Å². The van der Waals surface area contributed by atoms with Gasteiger partial charge in [0.2, 0.25) is 5.91 Å². The molecule has 1 unspecified atom stereocenters. The van der Waals surface area contributed by atoms with E-state index in [2.05, 4.69) is 0 Å². The second-order valence-corrected chi connectivity index (χ2v) is 10.9. The summed E-state index contributed by atoms with van der Waals surface area (Å²) in [6.07, 6.45) is 4.21. The van der Waals surface area contributed by atoms with Crippen molar-refractivity contribution < 1.29 is 22.4 Å². The summed E-state index contributed by atoms with van der Waals surface area (Å²) in [7, 11) is -3.53. The van der Waals surface area contributed by atoms with Crippen molar-refractivity contribution in [3.05, 3.63) is 23.7 Å². The molecule has 2 amide bonds. The van der Waals surface area contributed by atoms with Crippen molar-refractivity contribution in [2.24, 2.45) is 5.92 Å². The Kier molecular flexibility index (Phi) is 6.71. The summed E-state index contributed by atoms with van der Waals surface area (Å²) in [6, 6.07) is 3.40. The molecule has 1 aliphatic carbocycles. The summed E-state index contributed by atoms with van der Waals surface area (Å²) >= 11 is 0. The zero-order valence-corrected chi connectivity index (χ0v) is 18.4. The van der Waals surface area contributed by atoms with Gasteiger partial charge < -0.3 is 14.2 Å². The van der Waals surface area contributed by atoms with Crippen LogP contribution in [0.25, 0.3) is 0 Å². The minimum absolute atomic E-state index is 0.194. The normalized spacial score (nSPS) is 20.1. The first-order valence-electron chi connectivity index (χ1n) is 10.6. The minimum Gasteiger partial charge on any atom is -0.456 e. The molecule has 8 heteroatoms. The van der Waals surface area contributed by atoms with Crippen LogP contribution in [0.15, 0.2) is 16.5 Å². The van der Waals surface area contributed by atoms with Gasteiger partial charge in [-0.1, -0.05) is 33.1 Å². The molecule has 2 aliphatic rings. The zero-order valence-electron chi connectivity index (χ0n) is 17.6. The van der Waals surface area contributed by atoms with Gasteiger partial charge in [-0.15, -0.1) is 0 Å². The lowest BCUT2D eigenvalue weighted by molar-refractivity contribution is -0.133. The molecular weight excluding hydrogens is 392 g/mol. The molecule has 1 aromatic rings. The van der Waals surface area contributed by atoms with Gasteiger partial charge in [-0.05, 0) is 37.8 Å². The Balaban J connectivity index is 1.66. The quantitative estimate of drug-likeness (QED) is 0.725. The molecule has 1 aromatic heterocycles. The number of amides is 2. The number of nitrogens with zero attached hydrogens (tertiary/aromatic N) is 2. The minimum atomic E-state index is -3.53. The Bertz CT molecular complexity index is 831. The van der Waals surface area contributed by atoms with Crippen molar-refractivity contribution in [3.8, 4) is 0 Å². The number of rotatable bonds is 5.